The van der Waals surface area contributed by atoms with Crippen LogP contribution in [0.25, 0.3) is 10.1 Å². The second-order valence-corrected chi connectivity index (χ2v) is 7.91. The van der Waals surface area contributed by atoms with Crippen molar-refractivity contribution in [1.82, 2.24) is 5.43 Å². The number of esters is 1. The van der Waals surface area contributed by atoms with Gasteiger partial charge in [-0.3, -0.25) is 14.9 Å². The minimum atomic E-state index is -0.542. The molecule has 10 nitrogen and oxygen atoms in total. The van der Waals surface area contributed by atoms with Gasteiger partial charge in [0.25, 0.3) is 11.6 Å². The Bertz CT molecular complexity index is 1240. The molecule has 0 saturated carbocycles. The van der Waals surface area contributed by atoms with Crippen molar-refractivity contribution in [3.05, 3.63) is 62.0 Å². The monoisotopic (exact) mass is 491 g/mol. The van der Waals surface area contributed by atoms with Gasteiger partial charge in [0.05, 0.1) is 34.8 Å². The predicted octanol–water partition coefficient (Wildman–Crippen LogP) is 4.18. The van der Waals surface area contributed by atoms with Crippen molar-refractivity contribution in [3.63, 3.8) is 0 Å². The van der Waals surface area contributed by atoms with Gasteiger partial charge in [0.2, 0.25) is 0 Å². The van der Waals surface area contributed by atoms with Crippen molar-refractivity contribution in [1.29, 1.82) is 0 Å². The lowest BCUT2D eigenvalue weighted by Crippen LogP contribution is -2.16. The Balaban J connectivity index is 1.69. The number of thiophene rings is 1. The maximum absolute atomic E-state index is 12.4. The Morgan fingerprint density at radius 2 is 2.06 bits per heavy atom. The van der Waals surface area contributed by atoms with Crippen LogP contribution in [0.1, 0.15) is 22.2 Å². The number of nitrogens with one attached hydrogen (secondary N) is 1. The van der Waals surface area contributed by atoms with Gasteiger partial charge in [0, 0.05) is 22.2 Å². The van der Waals surface area contributed by atoms with Crippen LogP contribution in [0, 0.1) is 10.1 Å². The van der Waals surface area contributed by atoms with Crippen LogP contribution in [0.2, 0.25) is 5.02 Å². The first-order valence-corrected chi connectivity index (χ1v) is 10.7. The van der Waals surface area contributed by atoms with Crippen LogP contribution in [0.4, 0.5) is 5.69 Å². The number of methoxy groups -OCH3 is 1. The largest absolute Gasteiger partial charge is 0.493 e. The van der Waals surface area contributed by atoms with Crippen LogP contribution in [0.3, 0.4) is 0 Å². The minimum Gasteiger partial charge on any atom is -0.493 e. The molecule has 0 bridgehead atoms. The van der Waals surface area contributed by atoms with Crippen molar-refractivity contribution >= 4 is 56.8 Å². The zero-order valence-electron chi connectivity index (χ0n) is 17.5. The zero-order chi connectivity index (χ0) is 24.0. The second-order valence-electron chi connectivity index (χ2n) is 6.42. The molecule has 0 atom stereocenters. The summed E-state index contributed by atoms with van der Waals surface area (Å²) >= 11 is 7.43. The average molecular weight is 492 g/mol. The lowest BCUT2D eigenvalue weighted by molar-refractivity contribution is -0.384. The third kappa shape index (κ3) is 5.96. The molecule has 1 N–H and O–H groups in total. The number of halogens is 1. The zero-order valence-corrected chi connectivity index (χ0v) is 19.1. The van der Waals surface area contributed by atoms with Gasteiger partial charge in [0.1, 0.15) is 0 Å². The molecular weight excluding hydrogens is 474 g/mol. The molecule has 172 valence electrons. The topological polar surface area (TPSA) is 129 Å². The standard InChI is InChI=1S/C21H18ClN3O7S/c1-3-31-19(26)11-32-20-15(22)6-12(7-16(20)30-2)10-23-24-21(27)18-9-13-8-14(25(28)29)4-5-17(13)33-18/h4-10H,3,11H2,1-2H3,(H,24,27). The molecule has 0 radical (unpaired) electrons. The van der Waals surface area contributed by atoms with Crippen molar-refractivity contribution < 1.29 is 28.7 Å². The number of ether oxygens (including phenoxy) is 3. The molecule has 0 unspecified atom stereocenters. The van der Waals surface area contributed by atoms with Crippen LogP contribution in [-0.2, 0) is 9.53 Å². The van der Waals surface area contributed by atoms with E-state index in [2.05, 4.69) is 10.5 Å². The number of carbonyl (C=O) groups is 2. The van der Waals surface area contributed by atoms with E-state index in [9.17, 15) is 19.7 Å². The van der Waals surface area contributed by atoms with E-state index < -0.39 is 16.8 Å². The van der Waals surface area contributed by atoms with E-state index in [0.29, 0.717) is 15.8 Å². The summed E-state index contributed by atoms with van der Waals surface area (Å²) in [7, 11) is 1.41. The normalized spacial score (nSPS) is 10.9. The molecule has 1 amide bonds. The molecular formula is C21H18ClN3O7S. The van der Waals surface area contributed by atoms with Crippen molar-refractivity contribution in [3.8, 4) is 11.5 Å². The van der Waals surface area contributed by atoms with Gasteiger partial charge >= 0.3 is 5.97 Å². The third-order valence-electron chi connectivity index (χ3n) is 4.21. The first-order valence-electron chi connectivity index (χ1n) is 9.49. The maximum atomic E-state index is 12.4. The highest BCUT2D eigenvalue weighted by atomic mass is 35.5. The Kier molecular flexibility index (Phi) is 7.80. The number of carbonyl (C=O) groups excluding carboxylic acids is 2. The SMILES string of the molecule is CCOC(=O)COc1c(Cl)cc(C=NNC(=O)c2cc3cc([N+](=O)[O-])ccc3s2)cc1OC. The Morgan fingerprint density at radius 1 is 1.27 bits per heavy atom. The smallest absolute Gasteiger partial charge is 0.344 e. The second kappa shape index (κ2) is 10.7. The van der Waals surface area contributed by atoms with Crippen molar-refractivity contribution in [2.45, 2.75) is 6.92 Å². The summed E-state index contributed by atoms with van der Waals surface area (Å²) in [5, 5.41) is 15.6. The highest BCUT2D eigenvalue weighted by Crippen LogP contribution is 2.36. The van der Waals surface area contributed by atoms with E-state index in [4.69, 9.17) is 25.8 Å². The summed E-state index contributed by atoms with van der Waals surface area (Å²) in [6.45, 7) is 1.59. The van der Waals surface area contributed by atoms with Crippen molar-refractivity contribution in [2.75, 3.05) is 20.3 Å². The van der Waals surface area contributed by atoms with E-state index in [1.807, 2.05) is 0 Å². The number of nitrogens with zero attached hydrogens (tertiary/aromatic N) is 2. The third-order valence-corrected chi connectivity index (χ3v) is 5.60. The number of hydrogen-bond acceptors (Lipinski definition) is 9. The van der Waals surface area contributed by atoms with Gasteiger partial charge in [0.15, 0.2) is 18.1 Å². The van der Waals surface area contributed by atoms with Gasteiger partial charge in [-0.25, -0.2) is 10.2 Å². The van der Waals surface area contributed by atoms with Crippen molar-refractivity contribution in [2.24, 2.45) is 5.10 Å². The van der Waals surface area contributed by atoms with Crippen LogP contribution in [0.5, 0.6) is 11.5 Å². The summed E-state index contributed by atoms with van der Waals surface area (Å²) in [6, 6.07) is 9.05. The Morgan fingerprint density at radius 3 is 2.76 bits per heavy atom. The number of rotatable bonds is 9. The number of hydrazone groups is 1. The lowest BCUT2D eigenvalue weighted by atomic mass is 10.2. The predicted molar refractivity (Wildman–Crippen MR) is 124 cm³/mol. The van der Waals surface area contributed by atoms with E-state index in [0.717, 1.165) is 4.70 Å². The molecule has 2 aromatic carbocycles. The molecule has 1 aromatic heterocycles. The van der Waals surface area contributed by atoms with E-state index in [-0.39, 0.29) is 35.4 Å². The van der Waals surface area contributed by atoms with E-state index >= 15 is 0 Å². The van der Waals surface area contributed by atoms with Gasteiger partial charge in [-0.2, -0.15) is 5.10 Å². The average Bonchev–Trinajstić information content (AvgIpc) is 3.21. The number of hydrogen-bond donors (Lipinski definition) is 1. The van der Waals surface area contributed by atoms with Crippen LogP contribution < -0.4 is 14.9 Å². The number of nitro groups is 1. The fourth-order valence-corrected chi connectivity index (χ4v) is 3.97. The summed E-state index contributed by atoms with van der Waals surface area (Å²) < 4.78 is 16.2. The minimum absolute atomic E-state index is 0.0502. The highest BCUT2D eigenvalue weighted by molar-refractivity contribution is 7.20. The number of nitro benzene ring substituents is 1. The molecule has 0 aliphatic carbocycles. The van der Waals surface area contributed by atoms with Crippen LogP contribution in [-0.4, -0.2) is 43.3 Å². The van der Waals surface area contributed by atoms with E-state index in [1.165, 1.54) is 42.9 Å². The van der Waals surface area contributed by atoms with Gasteiger partial charge in [-0.1, -0.05) is 11.6 Å². The lowest BCUT2D eigenvalue weighted by Gasteiger charge is -2.12. The fourth-order valence-electron chi connectivity index (χ4n) is 2.76. The first-order chi connectivity index (χ1) is 15.8. The summed E-state index contributed by atoms with van der Waals surface area (Å²) in [6.07, 6.45) is 1.36. The fraction of sp³-hybridized carbons (Fsp3) is 0.190. The summed E-state index contributed by atoms with van der Waals surface area (Å²) in [5.74, 6) is -0.569. The Hall–Kier alpha value is -3.70. The van der Waals surface area contributed by atoms with Gasteiger partial charge in [-0.15, -0.1) is 11.3 Å². The van der Waals surface area contributed by atoms with Gasteiger partial charge in [-0.05, 0) is 36.8 Å². The quantitative estimate of drug-likeness (QED) is 0.206. The van der Waals surface area contributed by atoms with Gasteiger partial charge < -0.3 is 14.2 Å². The molecule has 3 rings (SSSR count). The molecule has 0 saturated heterocycles. The molecule has 12 heteroatoms. The number of benzene rings is 2. The molecule has 0 aliphatic heterocycles. The molecule has 1 heterocycles. The highest BCUT2D eigenvalue weighted by Gasteiger charge is 2.15. The molecule has 0 spiro atoms. The first kappa shape index (κ1) is 24.0. The van der Waals surface area contributed by atoms with E-state index in [1.54, 1.807) is 25.1 Å². The Labute approximate surface area is 196 Å². The maximum Gasteiger partial charge on any atom is 0.344 e. The summed E-state index contributed by atoms with van der Waals surface area (Å²) in [5.41, 5.74) is 2.86. The summed E-state index contributed by atoms with van der Waals surface area (Å²) in [4.78, 5) is 34.7. The number of non-ortho nitro benzene ring substituents is 1. The van der Waals surface area contributed by atoms with Crippen LogP contribution >= 0.6 is 22.9 Å². The number of amides is 1. The number of fused-ring (bicyclic) bond motifs is 1. The molecule has 0 fully saturated rings. The molecule has 0 aliphatic rings. The molecule has 3 aromatic rings. The van der Waals surface area contributed by atoms with Crippen LogP contribution in [0.15, 0.2) is 41.5 Å². The molecule has 33 heavy (non-hydrogen) atoms.